The average Bonchev–Trinajstić information content (AvgIpc) is 3.16. The molecule has 4 rings (SSSR count). The van der Waals surface area contributed by atoms with Gasteiger partial charge in [0.15, 0.2) is 17.3 Å². The van der Waals surface area contributed by atoms with Crippen LogP contribution in [0, 0.1) is 5.82 Å². The van der Waals surface area contributed by atoms with Crippen LogP contribution >= 0.6 is 23.2 Å². The van der Waals surface area contributed by atoms with E-state index in [0.29, 0.717) is 35.7 Å². The Morgan fingerprint density at radius 1 is 1.26 bits per heavy atom. The number of hydrogen-bond acceptors (Lipinski definition) is 6. The first kappa shape index (κ1) is 18.0. The zero-order chi connectivity index (χ0) is 19.0. The molecule has 0 spiro atoms. The van der Waals surface area contributed by atoms with Gasteiger partial charge in [-0.15, -0.1) is 0 Å². The van der Waals surface area contributed by atoms with Crippen molar-refractivity contribution in [1.82, 2.24) is 9.97 Å². The number of aromatic hydroxyl groups is 1. The van der Waals surface area contributed by atoms with Gasteiger partial charge in [0.2, 0.25) is 0 Å². The van der Waals surface area contributed by atoms with Crippen molar-refractivity contribution in [3.63, 3.8) is 0 Å². The first-order chi connectivity index (χ1) is 13.0. The molecule has 0 radical (unpaired) electrons. The number of nitrogens with zero attached hydrogens (tertiary/aromatic N) is 2. The van der Waals surface area contributed by atoms with Crippen molar-refractivity contribution >= 4 is 45.6 Å². The second-order valence-corrected chi connectivity index (χ2v) is 6.80. The first-order valence-electron chi connectivity index (χ1n) is 8.15. The molecule has 1 aliphatic heterocycles. The zero-order valence-corrected chi connectivity index (χ0v) is 15.4. The van der Waals surface area contributed by atoms with Crippen LogP contribution in [0.1, 0.15) is 6.42 Å². The fourth-order valence-corrected chi connectivity index (χ4v) is 3.11. The van der Waals surface area contributed by atoms with E-state index >= 15 is 0 Å². The quantitative estimate of drug-likeness (QED) is 0.608. The summed E-state index contributed by atoms with van der Waals surface area (Å²) in [5.74, 6) is -0.144. The number of halogens is 3. The molecule has 1 saturated heterocycles. The summed E-state index contributed by atoms with van der Waals surface area (Å²) in [5.41, 5.74) is 0.631. The van der Waals surface area contributed by atoms with Crippen LogP contribution in [0.25, 0.3) is 10.9 Å². The van der Waals surface area contributed by atoms with E-state index in [1.54, 1.807) is 6.07 Å². The number of hydrogen-bond donors (Lipinski definition) is 2. The van der Waals surface area contributed by atoms with Gasteiger partial charge in [-0.2, -0.15) is 0 Å². The van der Waals surface area contributed by atoms with Crippen LogP contribution < -0.4 is 10.1 Å². The monoisotopic (exact) mass is 409 g/mol. The van der Waals surface area contributed by atoms with E-state index in [1.807, 2.05) is 0 Å². The van der Waals surface area contributed by atoms with Crippen molar-refractivity contribution in [2.75, 3.05) is 18.5 Å². The minimum Gasteiger partial charge on any atom is -0.504 e. The molecule has 2 heterocycles. The Labute approximate surface area is 163 Å². The Balaban J connectivity index is 1.70. The van der Waals surface area contributed by atoms with Crippen LogP contribution in [0.3, 0.4) is 0 Å². The zero-order valence-electron chi connectivity index (χ0n) is 13.9. The van der Waals surface area contributed by atoms with Crippen molar-refractivity contribution in [2.24, 2.45) is 0 Å². The molecule has 0 bridgehead atoms. The Morgan fingerprint density at radius 2 is 2.11 bits per heavy atom. The third-order valence-electron chi connectivity index (χ3n) is 4.19. The van der Waals surface area contributed by atoms with Gasteiger partial charge in [0.25, 0.3) is 0 Å². The lowest BCUT2D eigenvalue weighted by Crippen LogP contribution is -2.15. The highest BCUT2D eigenvalue weighted by Gasteiger charge is 2.20. The van der Waals surface area contributed by atoms with E-state index in [0.717, 1.165) is 6.42 Å². The lowest BCUT2D eigenvalue weighted by atomic mass is 10.2. The molecule has 0 saturated carbocycles. The third kappa shape index (κ3) is 3.58. The number of nitrogens with one attached hydrogen (secondary N) is 1. The highest BCUT2D eigenvalue weighted by atomic mass is 35.5. The standard InChI is InChI=1S/C18H14Cl2FN3O3/c19-11-1-2-12(17(21)16(11)20)24-18-10-5-14(25)15(6-13(10)22-8-23-18)27-9-3-4-26-7-9/h1-2,5-6,8-9,25H,3-4,7H2,(H,22,23,24). The third-order valence-corrected chi connectivity index (χ3v) is 4.97. The van der Waals surface area contributed by atoms with Gasteiger partial charge >= 0.3 is 0 Å². The number of benzene rings is 2. The summed E-state index contributed by atoms with van der Waals surface area (Å²) in [6, 6.07) is 6.01. The average molecular weight is 410 g/mol. The van der Waals surface area contributed by atoms with Gasteiger partial charge in [0.1, 0.15) is 18.2 Å². The maximum atomic E-state index is 14.3. The minimum atomic E-state index is -0.693. The maximum absolute atomic E-state index is 14.3. The topological polar surface area (TPSA) is 76.5 Å². The summed E-state index contributed by atoms with van der Waals surface area (Å²) in [6.07, 6.45) is 1.97. The van der Waals surface area contributed by atoms with Gasteiger partial charge in [-0.3, -0.25) is 0 Å². The van der Waals surface area contributed by atoms with E-state index in [9.17, 15) is 9.50 Å². The van der Waals surface area contributed by atoms with E-state index < -0.39 is 5.82 Å². The highest BCUT2D eigenvalue weighted by molar-refractivity contribution is 6.42. The van der Waals surface area contributed by atoms with Gasteiger partial charge in [0.05, 0.1) is 34.5 Å². The SMILES string of the molecule is Oc1cc2c(Nc3ccc(Cl)c(Cl)c3F)ncnc2cc1OC1CCOC1. The number of anilines is 2. The predicted octanol–water partition coefficient (Wildman–Crippen LogP) is 4.69. The molecule has 6 nitrogen and oxygen atoms in total. The molecule has 2 aromatic carbocycles. The fraction of sp³-hybridized carbons (Fsp3) is 0.222. The molecular weight excluding hydrogens is 396 g/mol. The number of phenolic OH excluding ortho intramolecular Hbond substituents is 1. The van der Waals surface area contributed by atoms with E-state index in [2.05, 4.69) is 15.3 Å². The molecule has 27 heavy (non-hydrogen) atoms. The molecule has 0 amide bonds. The summed E-state index contributed by atoms with van der Waals surface area (Å²) < 4.78 is 25.4. The largest absolute Gasteiger partial charge is 0.504 e. The maximum Gasteiger partial charge on any atom is 0.166 e. The smallest absolute Gasteiger partial charge is 0.166 e. The number of rotatable bonds is 4. The van der Waals surface area contributed by atoms with Crippen molar-refractivity contribution in [3.05, 3.63) is 46.5 Å². The van der Waals surface area contributed by atoms with Crippen LogP contribution in [-0.2, 0) is 4.74 Å². The highest BCUT2D eigenvalue weighted by Crippen LogP contribution is 2.36. The first-order valence-corrected chi connectivity index (χ1v) is 8.91. The molecule has 2 N–H and O–H groups in total. The van der Waals surface area contributed by atoms with Crippen molar-refractivity contribution in [1.29, 1.82) is 0 Å². The second kappa shape index (κ2) is 7.34. The number of fused-ring (bicyclic) bond motifs is 1. The Kier molecular flexibility index (Phi) is 4.90. The van der Waals surface area contributed by atoms with Gasteiger partial charge in [-0.25, -0.2) is 14.4 Å². The molecule has 1 aromatic heterocycles. The van der Waals surface area contributed by atoms with Crippen molar-refractivity contribution in [2.45, 2.75) is 12.5 Å². The summed E-state index contributed by atoms with van der Waals surface area (Å²) in [6.45, 7) is 1.11. The normalized spacial score (nSPS) is 16.6. The molecule has 3 aromatic rings. The summed E-state index contributed by atoms with van der Waals surface area (Å²) in [7, 11) is 0. The van der Waals surface area contributed by atoms with Gasteiger partial charge in [-0.05, 0) is 18.2 Å². The Hall–Kier alpha value is -2.35. The van der Waals surface area contributed by atoms with E-state index in [1.165, 1.54) is 24.5 Å². The Morgan fingerprint density at radius 3 is 2.89 bits per heavy atom. The van der Waals surface area contributed by atoms with Crippen molar-refractivity contribution in [3.8, 4) is 11.5 Å². The summed E-state index contributed by atoms with van der Waals surface area (Å²) in [4.78, 5) is 8.33. The molecule has 1 fully saturated rings. The molecule has 0 aliphatic carbocycles. The molecule has 1 unspecified atom stereocenters. The van der Waals surface area contributed by atoms with Crippen molar-refractivity contribution < 1.29 is 19.0 Å². The van der Waals surface area contributed by atoms with Crippen LogP contribution in [0.2, 0.25) is 10.0 Å². The fourth-order valence-electron chi connectivity index (χ4n) is 2.80. The Bertz CT molecular complexity index is 1010. The lowest BCUT2D eigenvalue weighted by molar-refractivity contribution is 0.139. The lowest BCUT2D eigenvalue weighted by Gasteiger charge is -2.15. The van der Waals surface area contributed by atoms with Crippen LogP contribution in [0.5, 0.6) is 11.5 Å². The van der Waals surface area contributed by atoms with Gasteiger partial charge in [0, 0.05) is 17.9 Å². The van der Waals surface area contributed by atoms with Crippen LogP contribution in [-0.4, -0.2) is 34.4 Å². The number of ether oxygens (including phenoxy) is 2. The summed E-state index contributed by atoms with van der Waals surface area (Å²) in [5, 5.41) is 13.6. The number of phenols is 1. The number of aromatic nitrogens is 2. The van der Waals surface area contributed by atoms with E-state index in [4.69, 9.17) is 32.7 Å². The second-order valence-electron chi connectivity index (χ2n) is 6.01. The summed E-state index contributed by atoms with van der Waals surface area (Å²) >= 11 is 11.7. The molecule has 9 heteroatoms. The van der Waals surface area contributed by atoms with Crippen LogP contribution in [0.15, 0.2) is 30.6 Å². The molecular formula is C18H14Cl2FN3O3. The van der Waals surface area contributed by atoms with Gasteiger partial charge in [-0.1, -0.05) is 23.2 Å². The minimum absolute atomic E-state index is 0.0677. The van der Waals surface area contributed by atoms with E-state index in [-0.39, 0.29) is 27.6 Å². The predicted molar refractivity (Wildman–Crippen MR) is 101 cm³/mol. The molecule has 140 valence electrons. The molecule has 1 aliphatic rings. The van der Waals surface area contributed by atoms with Gasteiger partial charge < -0.3 is 19.9 Å². The molecule has 1 atom stereocenters. The van der Waals surface area contributed by atoms with Crippen LogP contribution in [0.4, 0.5) is 15.9 Å².